The molecule has 16 heavy (non-hydrogen) atoms. The van der Waals surface area contributed by atoms with Crippen molar-refractivity contribution in [3.63, 3.8) is 0 Å². The summed E-state index contributed by atoms with van der Waals surface area (Å²) in [6.07, 6.45) is 0.934. The number of aliphatic carboxylic acids is 1. The summed E-state index contributed by atoms with van der Waals surface area (Å²) in [7, 11) is 0. The van der Waals surface area contributed by atoms with Crippen LogP contribution in [0.4, 0.5) is 4.79 Å². The van der Waals surface area contributed by atoms with Gasteiger partial charge in [0.15, 0.2) is 0 Å². The summed E-state index contributed by atoms with van der Waals surface area (Å²) in [5.74, 6) is -0.340. The molecule has 5 nitrogen and oxygen atoms in total. The van der Waals surface area contributed by atoms with Crippen LogP contribution in [-0.4, -0.2) is 40.6 Å². The van der Waals surface area contributed by atoms with Crippen LogP contribution in [0.15, 0.2) is 0 Å². The quantitative estimate of drug-likeness (QED) is 0.745. The highest BCUT2D eigenvalue weighted by molar-refractivity contribution is 5.78. The number of rotatable bonds is 5. The van der Waals surface area contributed by atoms with Gasteiger partial charge in [0, 0.05) is 18.6 Å². The molecule has 5 heteroatoms. The third-order valence-electron chi connectivity index (χ3n) is 2.76. The Labute approximate surface area is 95.8 Å². The predicted octanol–water partition coefficient (Wildman–Crippen LogP) is 1.29. The highest BCUT2D eigenvalue weighted by atomic mass is 16.4. The second-order valence-corrected chi connectivity index (χ2v) is 4.88. The molecule has 0 aromatic heterocycles. The average Bonchev–Trinajstić information content (AvgIpc) is 2.44. The number of urea groups is 1. The minimum Gasteiger partial charge on any atom is -0.481 e. The van der Waals surface area contributed by atoms with E-state index >= 15 is 0 Å². The number of hydrogen-bond donors (Lipinski definition) is 2. The molecule has 1 aliphatic rings. The average molecular weight is 228 g/mol. The fourth-order valence-electron chi connectivity index (χ4n) is 2.07. The molecular weight excluding hydrogens is 208 g/mol. The molecule has 0 bridgehead atoms. The zero-order chi connectivity index (χ0) is 12.3. The van der Waals surface area contributed by atoms with Crippen molar-refractivity contribution in [2.24, 2.45) is 5.92 Å². The summed E-state index contributed by atoms with van der Waals surface area (Å²) >= 11 is 0. The molecule has 2 atom stereocenters. The van der Waals surface area contributed by atoms with Crippen LogP contribution in [0, 0.1) is 5.92 Å². The second kappa shape index (κ2) is 5.18. The molecular formula is C11H20N2O3. The second-order valence-electron chi connectivity index (χ2n) is 4.88. The third-order valence-corrected chi connectivity index (χ3v) is 2.76. The van der Waals surface area contributed by atoms with Crippen molar-refractivity contribution < 1.29 is 14.7 Å². The van der Waals surface area contributed by atoms with E-state index in [1.807, 2.05) is 0 Å². The Morgan fingerprint density at radius 2 is 2.19 bits per heavy atom. The molecule has 1 aliphatic heterocycles. The first-order chi connectivity index (χ1) is 7.40. The molecule has 0 aliphatic carbocycles. The van der Waals surface area contributed by atoms with E-state index in [4.69, 9.17) is 5.11 Å². The number of carbonyl (C=O) groups excluding carboxylic acids is 1. The van der Waals surface area contributed by atoms with Gasteiger partial charge in [-0.25, -0.2) is 4.79 Å². The lowest BCUT2D eigenvalue weighted by Crippen LogP contribution is -2.37. The molecule has 2 amide bonds. The van der Waals surface area contributed by atoms with Crippen LogP contribution in [0.2, 0.25) is 0 Å². The van der Waals surface area contributed by atoms with Gasteiger partial charge in [-0.3, -0.25) is 4.79 Å². The van der Waals surface area contributed by atoms with Crippen molar-refractivity contribution >= 4 is 12.0 Å². The number of carbonyl (C=O) groups is 2. The van der Waals surface area contributed by atoms with Gasteiger partial charge < -0.3 is 15.3 Å². The molecule has 0 radical (unpaired) electrons. The van der Waals surface area contributed by atoms with Gasteiger partial charge in [0.2, 0.25) is 0 Å². The van der Waals surface area contributed by atoms with Crippen molar-refractivity contribution in [3.05, 3.63) is 0 Å². The molecule has 1 rings (SSSR count). The SMILES string of the molecule is CC(C)CC1CN(C(C)CC(=O)O)C(=O)N1. The molecule has 0 aromatic rings. The molecule has 92 valence electrons. The fraction of sp³-hybridized carbons (Fsp3) is 0.818. The lowest BCUT2D eigenvalue weighted by atomic mass is 10.0. The number of hydrogen-bond acceptors (Lipinski definition) is 2. The molecule has 2 unspecified atom stereocenters. The van der Waals surface area contributed by atoms with Crippen LogP contribution < -0.4 is 5.32 Å². The van der Waals surface area contributed by atoms with E-state index in [0.717, 1.165) is 6.42 Å². The van der Waals surface area contributed by atoms with Crippen molar-refractivity contribution in [2.75, 3.05) is 6.54 Å². The maximum absolute atomic E-state index is 11.6. The van der Waals surface area contributed by atoms with Gasteiger partial charge in [0.25, 0.3) is 0 Å². The Kier molecular flexibility index (Phi) is 4.15. The topological polar surface area (TPSA) is 69.6 Å². The lowest BCUT2D eigenvalue weighted by molar-refractivity contribution is -0.137. The van der Waals surface area contributed by atoms with Gasteiger partial charge in [0.1, 0.15) is 0 Å². The Bertz CT molecular complexity index is 278. The summed E-state index contributed by atoms with van der Waals surface area (Å²) in [4.78, 5) is 23.8. The lowest BCUT2D eigenvalue weighted by Gasteiger charge is -2.21. The summed E-state index contributed by atoms with van der Waals surface area (Å²) in [6, 6.07) is -0.224. The van der Waals surface area contributed by atoms with Gasteiger partial charge in [-0.1, -0.05) is 13.8 Å². The van der Waals surface area contributed by atoms with E-state index in [1.54, 1.807) is 11.8 Å². The van der Waals surface area contributed by atoms with Crippen LogP contribution in [0.25, 0.3) is 0 Å². The van der Waals surface area contributed by atoms with E-state index in [9.17, 15) is 9.59 Å². The van der Waals surface area contributed by atoms with Crippen molar-refractivity contribution in [1.29, 1.82) is 0 Å². The highest BCUT2D eigenvalue weighted by Crippen LogP contribution is 2.16. The van der Waals surface area contributed by atoms with Crippen molar-refractivity contribution in [3.8, 4) is 0 Å². The van der Waals surface area contributed by atoms with Crippen molar-refractivity contribution in [2.45, 2.75) is 45.7 Å². The Morgan fingerprint density at radius 3 is 2.69 bits per heavy atom. The van der Waals surface area contributed by atoms with Crippen LogP contribution >= 0.6 is 0 Å². The molecule has 1 fully saturated rings. The Hall–Kier alpha value is -1.26. The molecule has 0 spiro atoms. The largest absolute Gasteiger partial charge is 0.481 e. The summed E-state index contributed by atoms with van der Waals surface area (Å²) < 4.78 is 0. The monoisotopic (exact) mass is 228 g/mol. The van der Waals surface area contributed by atoms with Crippen LogP contribution in [0.3, 0.4) is 0 Å². The first-order valence-corrected chi connectivity index (χ1v) is 5.69. The van der Waals surface area contributed by atoms with Crippen LogP contribution in [0.1, 0.15) is 33.6 Å². The Morgan fingerprint density at radius 1 is 1.56 bits per heavy atom. The first kappa shape index (κ1) is 12.8. The van der Waals surface area contributed by atoms with Gasteiger partial charge in [-0.2, -0.15) is 0 Å². The van der Waals surface area contributed by atoms with Gasteiger partial charge in [-0.05, 0) is 19.3 Å². The zero-order valence-corrected chi connectivity index (χ0v) is 10.1. The standard InChI is InChI=1S/C11H20N2O3/c1-7(2)4-9-6-13(11(16)12-9)8(3)5-10(14)15/h7-9H,4-6H2,1-3H3,(H,12,16)(H,14,15). The van der Waals surface area contributed by atoms with E-state index in [2.05, 4.69) is 19.2 Å². The molecule has 1 heterocycles. The number of carboxylic acids is 1. The Balaban J connectivity index is 2.50. The van der Waals surface area contributed by atoms with E-state index in [0.29, 0.717) is 12.5 Å². The smallest absolute Gasteiger partial charge is 0.318 e. The number of nitrogens with zero attached hydrogens (tertiary/aromatic N) is 1. The fourth-order valence-corrected chi connectivity index (χ4v) is 2.07. The first-order valence-electron chi connectivity index (χ1n) is 5.69. The summed E-state index contributed by atoms with van der Waals surface area (Å²) in [5, 5.41) is 11.6. The van der Waals surface area contributed by atoms with E-state index < -0.39 is 5.97 Å². The predicted molar refractivity (Wildman–Crippen MR) is 60.2 cm³/mol. The highest BCUT2D eigenvalue weighted by Gasteiger charge is 2.32. The van der Waals surface area contributed by atoms with Crippen LogP contribution in [-0.2, 0) is 4.79 Å². The third kappa shape index (κ3) is 3.40. The van der Waals surface area contributed by atoms with E-state index in [1.165, 1.54) is 0 Å². The number of nitrogens with one attached hydrogen (secondary N) is 1. The maximum atomic E-state index is 11.6. The minimum atomic E-state index is -0.868. The normalized spacial score (nSPS) is 22.4. The summed E-state index contributed by atoms with van der Waals surface area (Å²) in [5.41, 5.74) is 0. The minimum absolute atomic E-state index is 0.00180. The summed E-state index contributed by atoms with van der Waals surface area (Å²) in [6.45, 7) is 6.60. The molecule has 0 aromatic carbocycles. The van der Waals surface area contributed by atoms with Gasteiger partial charge in [0.05, 0.1) is 6.42 Å². The van der Waals surface area contributed by atoms with Gasteiger partial charge in [-0.15, -0.1) is 0 Å². The van der Waals surface area contributed by atoms with E-state index in [-0.39, 0.29) is 24.5 Å². The number of carboxylic acid groups (broad SMARTS) is 1. The molecule has 2 N–H and O–H groups in total. The zero-order valence-electron chi connectivity index (χ0n) is 10.1. The molecule has 0 saturated carbocycles. The maximum Gasteiger partial charge on any atom is 0.318 e. The van der Waals surface area contributed by atoms with Gasteiger partial charge >= 0.3 is 12.0 Å². The molecule has 1 saturated heterocycles. The number of amides is 2. The van der Waals surface area contributed by atoms with Crippen molar-refractivity contribution in [1.82, 2.24) is 10.2 Å². The van der Waals surface area contributed by atoms with Crippen LogP contribution in [0.5, 0.6) is 0 Å².